The van der Waals surface area contributed by atoms with Gasteiger partial charge in [-0.15, -0.1) is 0 Å². The van der Waals surface area contributed by atoms with E-state index in [1.807, 2.05) is 18.2 Å². The summed E-state index contributed by atoms with van der Waals surface area (Å²) in [7, 11) is 0. The van der Waals surface area contributed by atoms with Gasteiger partial charge in [0.25, 0.3) is 0 Å². The lowest BCUT2D eigenvalue weighted by Crippen LogP contribution is -2.35. The first kappa shape index (κ1) is 14.2. The van der Waals surface area contributed by atoms with E-state index in [9.17, 15) is 0 Å². The summed E-state index contributed by atoms with van der Waals surface area (Å²) in [6, 6.07) is 9.02. The van der Waals surface area contributed by atoms with Crippen molar-refractivity contribution in [1.82, 2.24) is 0 Å². The van der Waals surface area contributed by atoms with Crippen LogP contribution in [-0.4, -0.2) is 18.7 Å². The van der Waals surface area contributed by atoms with Crippen LogP contribution in [0.3, 0.4) is 0 Å². The Morgan fingerprint density at radius 2 is 2.11 bits per heavy atom. The number of nitrogens with one attached hydrogen (secondary N) is 1. The van der Waals surface area contributed by atoms with Crippen LogP contribution in [0.2, 0.25) is 0 Å². The Morgan fingerprint density at radius 3 is 2.84 bits per heavy atom. The fourth-order valence-corrected chi connectivity index (χ4v) is 2.55. The van der Waals surface area contributed by atoms with E-state index in [2.05, 4.69) is 25.2 Å². The highest BCUT2D eigenvalue weighted by Gasteiger charge is 2.19. The molecule has 0 aliphatic heterocycles. The van der Waals surface area contributed by atoms with Crippen LogP contribution in [0.15, 0.2) is 24.3 Å². The zero-order valence-corrected chi connectivity index (χ0v) is 12.1. The summed E-state index contributed by atoms with van der Waals surface area (Å²) in [5.74, 6) is 1.49. The molecule has 1 fully saturated rings. The third-order valence-electron chi connectivity index (χ3n) is 3.53. The van der Waals surface area contributed by atoms with Crippen LogP contribution >= 0.6 is 0 Å². The van der Waals surface area contributed by atoms with Gasteiger partial charge < -0.3 is 15.8 Å². The first-order valence-electron chi connectivity index (χ1n) is 7.39. The Labute approximate surface area is 116 Å². The molecule has 0 aromatic heterocycles. The van der Waals surface area contributed by atoms with Gasteiger partial charge in [-0.05, 0) is 43.7 Å². The van der Waals surface area contributed by atoms with Crippen LogP contribution < -0.4 is 15.8 Å². The predicted octanol–water partition coefficient (Wildman–Crippen LogP) is 3.40. The van der Waals surface area contributed by atoms with Gasteiger partial charge in [0.2, 0.25) is 0 Å². The van der Waals surface area contributed by atoms with Crippen LogP contribution in [0.4, 0.5) is 5.69 Å². The van der Waals surface area contributed by atoms with Crippen molar-refractivity contribution in [3.63, 3.8) is 0 Å². The SMILES string of the molecule is CC(C)COc1ccccc1NC1CCCC(N)C1. The number of para-hydroxylation sites is 2. The van der Waals surface area contributed by atoms with Gasteiger partial charge in [0.05, 0.1) is 12.3 Å². The van der Waals surface area contributed by atoms with Crippen LogP contribution in [0.5, 0.6) is 5.75 Å². The van der Waals surface area contributed by atoms with Crippen molar-refractivity contribution >= 4 is 5.69 Å². The highest BCUT2D eigenvalue weighted by Crippen LogP contribution is 2.28. The summed E-state index contributed by atoms with van der Waals surface area (Å²) in [4.78, 5) is 0. The minimum Gasteiger partial charge on any atom is -0.491 e. The Kier molecular flexibility index (Phi) is 5.08. The van der Waals surface area contributed by atoms with Gasteiger partial charge in [-0.25, -0.2) is 0 Å². The summed E-state index contributed by atoms with van der Waals surface area (Å²) in [6.07, 6.45) is 4.63. The normalized spacial score (nSPS) is 23.4. The molecule has 19 heavy (non-hydrogen) atoms. The zero-order chi connectivity index (χ0) is 13.7. The summed E-state index contributed by atoms with van der Waals surface area (Å²) in [6.45, 7) is 5.08. The fraction of sp³-hybridized carbons (Fsp3) is 0.625. The second kappa shape index (κ2) is 6.80. The Morgan fingerprint density at radius 1 is 1.32 bits per heavy atom. The summed E-state index contributed by atoms with van der Waals surface area (Å²) < 4.78 is 5.87. The Hall–Kier alpha value is -1.22. The molecule has 106 valence electrons. The molecule has 1 aromatic carbocycles. The average Bonchev–Trinajstić information content (AvgIpc) is 2.38. The molecule has 1 aliphatic carbocycles. The number of benzene rings is 1. The molecule has 1 saturated carbocycles. The molecule has 1 aliphatic rings. The lowest BCUT2D eigenvalue weighted by atomic mass is 9.91. The van der Waals surface area contributed by atoms with Crippen molar-refractivity contribution in [2.75, 3.05) is 11.9 Å². The molecular weight excluding hydrogens is 236 g/mol. The number of hydrogen-bond acceptors (Lipinski definition) is 3. The molecule has 0 spiro atoms. The highest BCUT2D eigenvalue weighted by molar-refractivity contribution is 5.56. The standard InChI is InChI=1S/C16H26N2O/c1-12(2)11-19-16-9-4-3-8-15(16)18-14-7-5-6-13(17)10-14/h3-4,8-9,12-14,18H,5-7,10-11,17H2,1-2H3. The molecule has 2 unspecified atom stereocenters. The van der Waals surface area contributed by atoms with E-state index in [-0.39, 0.29) is 0 Å². The topological polar surface area (TPSA) is 47.3 Å². The monoisotopic (exact) mass is 262 g/mol. The van der Waals surface area contributed by atoms with Crippen LogP contribution in [0.25, 0.3) is 0 Å². The largest absolute Gasteiger partial charge is 0.491 e. The van der Waals surface area contributed by atoms with Gasteiger partial charge in [-0.1, -0.05) is 26.0 Å². The maximum absolute atomic E-state index is 6.04. The lowest BCUT2D eigenvalue weighted by molar-refractivity contribution is 0.271. The van der Waals surface area contributed by atoms with Crippen molar-refractivity contribution in [2.45, 2.75) is 51.6 Å². The van der Waals surface area contributed by atoms with Gasteiger partial charge in [0, 0.05) is 12.1 Å². The number of anilines is 1. The molecule has 3 heteroatoms. The molecule has 0 amide bonds. The second-order valence-corrected chi connectivity index (χ2v) is 5.97. The zero-order valence-electron chi connectivity index (χ0n) is 12.1. The lowest BCUT2D eigenvalue weighted by Gasteiger charge is -2.29. The molecule has 0 bridgehead atoms. The van der Waals surface area contributed by atoms with Crippen molar-refractivity contribution in [1.29, 1.82) is 0 Å². The van der Waals surface area contributed by atoms with Gasteiger partial charge in [-0.2, -0.15) is 0 Å². The molecule has 3 nitrogen and oxygen atoms in total. The number of ether oxygens (including phenoxy) is 1. The maximum atomic E-state index is 6.04. The third kappa shape index (κ3) is 4.43. The second-order valence-electron chi connectivity index (χ2n) is 5.97. The molecule has 0 heterocycles. The number of hydrogen-bond donors (Lipinski definition) is 2. The molecule has 3 N–H and O–H groups in total. The molecule has 2 atom stereocenters. The van der Waals surface area contributed by atoms with Gasteiger partial charge in [-0.3, -0.25) is 0 Å². The van der Waals surface area contributed by atoms with Gasteiger partial charge >= 0.3 is 0 Å². The van der Waals surface area contributed by atoms with Crippen molar-refractivity contribution < 1.29 is 4.74 Å². The molecule has 1 aromatic rings. The maximum Gasteiger partial charge on any atom is 0.142 e. The molecule has 0 saturated heterocycles. The molecule has 2 rings (SSSR count). The average molecular weight is 262 g/mol. The van der Waals surface area contributed by atoms with Crippen molar-refractivity contribution in [3.8, 4) is 5.75 Å². The van der Waals surface area contributed by atoms with Crippen LogP contribution in [-0.2, 0) is 0 Å². The first-order chi connectivity index (χ1) is 9.15. The van der Waals surface area contributed by atoms with Crippen molar-refractivity contribution in [3.05, 3.63) is 24.3 Å². The minimum absolute atomic E-state index is 0.343. The van der Waals surface area contributed by atoms with Crippen molar-refractivity contribution in [2.24, 2.45) is 11.7 Å². The Bertz CT molecular complexity index is 392. The van der Waals surface area contributed by atoms with E-state index in [4.69, 9.17) is 10.5 Å². The summed E-state index contributed by atoms with van der Waals surface area (Å²) >= 11 is 0. The first-order valence-corrected chi connectivity index (χ1v) is 7.39. The van der Waals surface area contributed by atoms with E-state index in [1.165, 1.54) is 12.8 Å². The van der Waals surface area contributed by atoms with Crippen LogP contribution in [0.1, 0.15) is 39.5 Å². The summed E-state index contributed by atoms with van der Waals surface area (Å²) in [5, 5.41) is 3.60. The fourth-order valence-electron chi connectivity index (χ4n) is 2.55. The Balaban J connectivity index is 1.98. The van der Waals surface area contributed by atoms with Gasteiger partial charge in [0.1, 0.15) is 5.75 Å². The third-order valence-corrected chi connectivity index (χ3v) is 3.53. The van der Waals surface area contributed by atoms with E-state index in [0.717, 1.165) is 30.9 Å². The van der Waals surface area contributed by atoms with E-state index in [0.29, 0.717) is 18.0 Å². The minimum atomic E-state index is 0.343. The number of rotatable bonds is 5. The summed E-state index contributed by atoms with van der Waals surface area (Å²) in [5.41, 5.74) is 7.14. The smallest absolute Gasteiger partial charge is 0.142 e. The molecule has 0 radical (unpaired) electrons. The van der Waals surface area contributed by atoms with Crippen LogP contribution in [0, 0.1) is 5.92 Å². The highest BCUT2D eigenvalue weighted by atomic mass is 16.5. The predicted molar refractivity (Wildman–Crippen MR) is 80.6 cm³/mol. The molecular formula is C16H26N2O. The number of nitrogens with two attached hydrogens (primary N) is 1. The van der Waals surface area contributed by atoms with E-state index in [1.54, 1.807) is 0 Å². The van der Waals surface area contributed by atoms with E-state index >= 15 is 0 Å². The quantitative estimate of drug-likeness (QED) is 0.855. The van der Waals surface area contributed by atoms with Gasteiger partial charge in [0.15, 0.2) is 0 Å². The van der Waals surface area contributed by atoms with E-state index < -0.39 is 0 Å².